The Labute approximate surface area is 202 Å². The first-order valence-corrected chi connectivity index (χ1v) is 11.6. The van der Waals surface area contributed by atoms with Crippen LogP contribution in [0.3, 0.4) is 0 Å². The molecule has 3 rings (SSSR count). The van der Waals surface area contributed by atoms with Crippen LogP contribution in [0, 0.1) is 0 Å². The first kappa shape index (κ1) is 25.0. The molecule has 0 aromatic heterocycles. The molecule has 5 nitrogen and oxygen atoms in total. The molecular weight excluding hydrogens is 424 g/mol. The van der Waals surface area contributed by atoms with Crippen LogP contribution in [-0.4, -0.2) is 25.0 Å². The highest BCUT2D eigenvalue weighted by Crippen LogP contribution is 2.22. The molecule has 34 heavy (non-hydrogen) atoms. The lowest BCUT2D eigenvalue weighted by Gasteiger charge is -2.21. The van der Waals surface area contributed by atoms with Crippen LogP contribution < -0.4 is 15.4 Å². The number of methoxy groups -OCH3 is 1. The fraction of sp³-hybridized carbons (Fsp3) is 0.310. The smallest absolute Gasteiger partial charge is 0.243 e. The zero-order chi connectivity index (χ0) is 24.6. The molecule has 0 radical (unpaired) electrons. The van der Waals surface area contributed by atoms with E-state index in [1.807, 2.05) is 66.7 Å². The summed E-state index contributed by atoms with van der Waals surface area (Å²) in [5.41, 5.74) is 4.14. The highest BCUT2D eigenvalue weighted by molar-refractivity contribution is 5.88. The molecule has 0 aliphatic heterocycles. The molecule has 1 atom stereocenters. The topological polar surface area (TPSA) is 67.4 Å². The Hall–Kier alpha value is -3.60. The number of carbonyl (C=O) groups excluding carboxylic acids is 2. The first-order valence-electron chi connectivity index (χ1n) is 11.6. The van der Waals surface area contributed by atoms with Crippen molar-refractivity contribution in [3.8, 4) is 5.75 Å². The number of nitrogens with one attached hydrogen (secondary N) is 2. The van der Waals surface area contributed by atoms with Crippen molar-refractivity contribution in [3.05, 3.63) is 101 Å². The van der Waals surface area contributed by atoms with Gasteiger partial charge in [-0.15, -0.1) is 0 Å². The van der Waals surface area contributed by atoms with Crippen molar-refractivity contribution >= 4 is 11.8 Å². The monoisotopic (exact) mass is 458 g/mol. The predicted octanol–water partition coefficient (Wildman–Crippen LogP) is 4.58. The van der Waals surface area contributed by atoms with Crippen LogP contribution >= 0.6 is 0 Å². The van der Waals surface area contributed by atoms with Crippen LogP contribution in [-0.2, 0) is 34.4 Å². The minimum absolute atomic E-state index is 0.0531. The van der Waals surface area contributed by atoms with E-state index in [1.165, 1.54) is 5.56 Å². The third-order valence-electron chi connectivity index (χ3n) is 5.74. The Morgan fingerprint density at radius 3 is 2.03 bits per heavy atom. The highest BCUT2D eigenvalue weighted by atomic mass is 16.5. The van der Waals surface area contributed by atoms with E-state index in [9.17, 15) is 9.59 Å². The van der Waals surface area contributed by atoms with E-state index < -0.39 is 6.04 Å². The largest absolute Gasteiger partial charge is 0.497 e. The van der Waals surface area contributed by atoms with Crippen LogP contribution in [0.25, 0.3) is 0 Å². The lowest BCUT2D eigenvalue weighted by Crippen LogP contribution is -2.48. The van der Waals surface area contributed by atoms with E-state index in [0.717, 1.165) is 22.4 Å². The molecule has 2 N–H and O–H groups in total. The van der Waals surface area contributed by atoms with E-state index >= 15 is 0 Å². The molecule has 0 unspecified atom stereocenters. The van der Waals surface area contributed by atoms with Crippen molar-refractivity contribution < 1.29 is 14.3 Å². The molecule has 178 valence electrons. The Morgan fingerprint density at radius 1 is 0.824 bits per heavy atom. The molecule has 0 heterocycles. The van der Waals surface area contributed by atoms with Gasteiger partial charge in [0.15, 0.2) is 0 Å². The van der Waals surface area contributed by atoms with Gasteiger partial charge in [-0.2, -0.15) is 0 Å². The number of hydrogen-bond donors (Lipinski definition) is 2. The first-order chi connectivity index (χ1) is 16.2. The van der Waals surface area contributed by atoms with E-state index in [4.69, 9.17) is 4.74 Å². The number of amides is 2. The van der Waals surface area contributed by atoms with Gasteiger partial charge in [-0.3, -0.25) is 9.59 Å². The lowest BCUT2D eigenvalue weighted by molar-refractivity contribution is -0.128. The maximum atomic E-state index is 13.1. The fourth-order valence-electron chi connectivity index (χ4n) is 3.67. The molecule has 3 aromatic rings. The second-order valence-electron chi connectivity index (χ2n) is 9.50. The predicted molar refractivity (Wildman–Crippen MR) is 136 cm³/mol. The summed E-state index contributed by atoms with van der Waals surface area (Å²) in [6, 6.07) is 24.7. The van der Waals surface area contributed by atoms with Gasteiger partial charge in [0.25, 0.3) is 0 Å². The standard InChI is InChI=1S/C29H34N2O3/c1-29(2,3)24-14-10-21(11-15-24)18-26(28(33)30-20-23-8-6-5-7-9-23)31-27(32)19-22-12-16-25(34-4)17-13-22/h5-17,26H,18-20H2,1-4H3,(H,30,33)(H,31,32)/t26-/m1/s1. The van der Waals surface area contributed by atoms with Crippen molar-refractivity contribution in [3.63, 3.8) is 0 Å². The molecule has 5 heteroatoms. The zero-order valence-electron chi connectivity index (χ0n) is 20.4. The van der Waals surface area contributed by atoms with Gasteiger partial charge in [0.05, 0.1) is 13.5 Å². The molecule has 0 aliphatic carbocycles. The van der Waals surface area contributed by atoms with Gasteiger partial charge < -0.3 is 15.4 Å². The van der Waals surface area contributed by atoms with Gasteiger partial charge in [-0.05, 0) is 39.8 Å². The minimum Gasteiger partial charge on any atom is -0.497 e. The summed E-state index contributed by atoms with van der Waals surface area (Å²) in [5.74, 6) is 0.337. The number of hydrogen-bond acceptors (Lipinski definition) is 3. The van der Waals surface area contributed by atoms with Crippen LogP contribution in [0.5, 0.6) is 5.75 Å². The van der Waals surface area contributed by atoms with Crippen LogP contribution in [0.15, 0.2) is 78.9 Å². The average Bonchev–Trinajstić information content (AvgIpc) is 2.83. The molecule has 0 fully saturated rings. The summed E-state index contributed by atoms with van der Waals surface area (Å²) in [5, 5.41) is 5.91. The highest BCUT2D eigenvalue weighted by Gasteiger charge is 2.22. The molecule has 0 saturated heterocycles. The molecule has 0 aliphatic rings. The lowest BCUT2D eigenvalue weighted by atomic mass is 9.86. The zero-order valence-corrected chi connectivity index (χ0v) is 20.4. The van der Waals surface area contributed by atoms with Gasteiger partial charge in [-0.1, -0.05) is 87.5 Å². The summed E-state index contributed by atoms with van der Waals surface area (Å²) in [7, 11) is 1.61. The Balaban J connectivity index is 1.70. The molecule has 0 bridgehead atoms. The Bertz CT molecular complexity index is 1070. The molecule has 2 amide bonds. The Morgan fingerprint density at radius 2 is 1.44 bits per heavy atom. The fourth-order valence-corrected chi connectivity index (χ4v) is 3.67. The summed E-state index contributed by atoms with van der Waals surface area (Å²) in [6.07, 6.45) is 0.606. The third kappa shape index (κ3) is 7.48. The van der Waals surface area contributed by atoms with Gasteiger partial charge in [0, 0.05) is 13.0 Å². The van der Waals surface area contributed by atoms with E-state index in [2.05, 4.69) is 43.5 Å². The van der Waals surface area contributed by atoms with Crippen molar-refractivity contribution in [2.45, 2.75) is 51.6 Å². The van der Waals surface area contributed by atoms with Crippen molar-refractivity contribution in [1.82, 2.24) is 10.6 Å². The van der Waals surface area contributed by atoms with Crippen molar-refractivity contribution in [2.24, 2.45) is 0 Å². The summed E-state index contributed by atoms with van der Waals surface area (Å²) in [6.45, 7) is 6.91. The normalized spacial score (nSPS) is 12.0. The second kappa shape index (κ2) is 11.5. The molecule has 3 aromatic carbocycles. The number of carbonyl (C=O) groups is 2. The number of rotatable bonds is 9. The average molecular weight is 459 g/mol. The SMILES string of the molecule is COc1ccc(CC(=O)N[C@H](Cc2ccc(C(C)(C)C)cc2)C(=O)NCc2ccccc2)cc1. The summed E-state index contributed by atoms with van der Waals surface area (Å²) >= 11 is 0. The van der Waals surface area contributed by atoms with Crippen molar-refractivity contribution in [2.75, 3.05) is 7.11 Å². The van der Waals surface area contributed by atoms with E-state index in [-0.39, 0.29) is 23.7 Å². The van der Waals surface area contributed by atoms with Crippen LogP contribution in [0.4, 0.5) is 0 Å². The van der Waals surface area contributed by atoms with Gasteiger partial charge in [0.1, 0.15) is 11.8 Å². The summed E-state index contributed by atoms with van der Waals surface area (Å²) < 4.78 is 5.18. The molecule has 0 spiro atoms. The van der Waals surface area contributed by atoms with Gasteiger partial charge in [-0.25, -0.2) is 0 Å². The van der Waals surface area contributed by atoms with Crippen LogP contribution in [0.2, 0.25) is 0 Å². The number of ether oxygens (including phenoxy) is 1. The maximum absolute atomic E-state index is 13.1. The van der Waals surface area contributed by atoms with Crippen molar-refractivity contribution in [1.29, 1.82) is 0 Å². The third-order valence-corrected chi connectivity index (χ3v) is 5.74. The number of benzene rings is 3. The summed E-state index contributed by atoms with van der Waals surface area (Å²) in [4.78, 5) is 25.9. The molecule has 0 saturated carbocycles. The maximum Gasteiger partial charge on any atom is 0.243 e. The molecular formula is C29H34N2O3. The minimum atomic E-state index is -0.671. The van der Waals surface area contributed by atoms with E-state index in [0.29, 0.717) is 13.0 Å². The van der Waals surface area contributed by atoms with E-state index in [1.54, 1.807) is 7.11 Å². The van der Waals surface area contributed by atoms with Gasteiger partial charge >= 0.3 is 0 Å². The second-order valence-corrected chi connectivity index (χ2v) is 9.50. The Kier molecular flexibility index (Phi) is 8.47. The quantitative estimate of drug-likeness (QED) is 0.493. The van der Waals surface area contributed by atoms with Crippen LogP contribution in [0.1, 0.15) is 43.0 Å². The van der Waals surface area contributed by atoms with Gasteiger partial charge in [0.2, 0.25) is 11.8 Å².